The third-order valence-electron chi connectivity index (χ3n) is 13.1. The van der Waals surface area contributed by atoms with Gasteiger partial charge in [-0.25, -0.2) is 14.4 Å². The van der Waals surface area contributed by atoms with E-state index in [2.05, 4.69) is 21.3 Å². The van der Waals surface area contributed by atoms with Gasteiger partial charge in [0.05, 0.1) is 6.54 Å². The number of esters is 2. The van der Waals surface area contributed by atoms with Gasteiger partial charge in [-0.1, -0.05) is 89.8 Å². The van der Waals surface area contributed by atoms with Gasteiger partial charge in [-0.15, -0.1) is 0 Å². The van der Waals surface area contributed by atoms with Crippen molar-refractivity contribution in [1.82, 2.24) is 36.0 Å². The monoisotopic (exact) mass is 1030 g/mol. The molecule has 4 N–H and O–H groups in total. The number of carbonyl (C=O) groups is 8. The van der Waals surface area contributed by atoms with Crippen LogP contribution in [0.4, 0.5) is 4.79 Å². The SMILES string of the molecule is C/C=C(\C)C1OC(=O)C(C)NC(=O)C([C@H](C)CC)NC(=O)CN(C)C(=O)C(Cc2ccc(Cl)cc2)N(C)C(=O)C(C)NC(=O)C(CC(C)C)OC(=O)C(C)=CCC(OC(=O)N(C)CCCCCCNC)C1C. The molecule has 18 nitrogen and oxygen atoms in total. The number of amides is 6. The van der Waals surface area contributed by atoms with Crippen molar-refractivity contribution in [2.24, 2.45) is 17.8 Å². The van der Waals surface area contributed by atoms with Gasteiger partial charge in [0, 0.05) is 57.0 Å². The second kappa shape index (κ2) is 31.2. The summed E-state index contributed by atoms with van der Waals surface area (Å²) in [6.45, 7) is 17.8. The number of benzene rings is 1. The molecule has 6 amide bonds. The molecule has 72 heavy (non-hydrogen) atoms. The maximum Gasteiger partial charge on any atom is 0.409 e. The van der Waals surface area contributed by atoms with Crippen LogP contribution in [0.5, 0.6) is 0 Å². The third kappa shape index (κ3) is 20.2. The average molecular weight is 1030 g/mol. The summed E-state index contributed by atoms with van der Waals surface area (Å²) in [7, 11) is 6.36. The molecule has 0 aliphatic carbocycles. The first-order chi connectivity index (χ1) is 33.9. The van der Waals surface area contributed by atoms with Gasteiger partial charge in [-0.05, 0) is 103 Å². The first-order valence-electron chi connectivity index (χ1n) is 25.3. The van der Waals surface area contributed by atoms with Crippen molar-refractivity contribution in [3.8, 4) is 0 Å². The fourth-order valence-electron chi connectivity index (χ4n) is 8.01. The van der Waals surface area contributed by atoms with Crippen LogP contribution in [0, 0.1) is 17.8 Å². The molecule has 1 heterocycles. The number of hydrogen-bond acceptors (Lipinski definition) is 12. The highest BCUT2D eigenvalue weighted by Gasteiger charge is 2.38. The molecule has 0 spiro atoms. The smallest absolute Gasteiger partial charge is 0.409 e. The van der Waals surface area contributed by atoms with E-state index in [1.165, 1.54) is 44.7 Å². The Balaban J connectivity index is 2.71. The van der Waals surface area contributed by atoms with Crippen molar-refractivity contribution >= 4 is 59.2 Å². The first kappa shape index (κ1) is 62.6. The topological polar surface area (TPSA) is 222 Å². The van der Waals surface area contributed by atoms with Crippen LogP contribution in [-0.4, -0.2) is 153 Å². The van der Waals surface area contributed by atoms with E-state index < -0.39 is 108 Å². The van der Waals surface area contributed by atoms with Gasteiger partial charge in [0.2, 0.25) is 23.6 Å². The Bertz CT molecular complexity index is 2050. The molecule has 0 bridgehead atoms. The maximum atomic E-state index is 14.3. The van der Waals surface area contributed by atoms with Crippen molar-refractivity contribution in [3.05, 3.63) is 58.1 Å². The zero-order chi connectivity index (χ0) is 54.4. The van der Waals surface area contributed by atoms with Crippen LogP contribution in [0.2, 0.25) is 5.02 Å². The summed E-state index contributed by atoms with van der Waals surface area (Å²) in [5.41, 5.74) is 1.38. The van der Waals surface area contributed by atoms with Crippen molar-refractivity contribution < 1.29 is 52.6 Å². The minimum atomic E-state index is -1.32. The molecule has 2 rings (SSSR count). The Hall–Kier alpha value is -5.49. The highest BCUT2D eigenvalue weighted by Crippen LogP contribution is 2.27. The minimum Gasteiger partial charge on any atom is -0.456 e. The van der Waals surface area contributed by atoms with E-state index in [1.54, 1.807) is 71.2 Å². The van der Waals surface area contributed by atoms with Gasteiger partial charge in [0.1, 0.15) is 36.4 Å². The standard InChI is InChI=1S/C53H84ClN7O11/c1-15-33(5)45-48(64)57-38(10)52(68)72-46(34(6)16-2)36(8)42(71-53(69)59(12)28-20-18-17-19-27-55-11)26-21-35(7)51(67)70-43(29-32(3)4)47(63)56-37(9)49(65)61(14)41(30-39-22-24-40(54)25-23-39)50(66)60(13)31-44(62)58-45/h16,21-25,32-33,36-38,41-43,45-46,55H,15,17-20,26-31H2,1-14H3,(H,56,63)(H,57,64)(H,58,62)/b34-16+,35-21?/t33-,36?,37?,38?,41?,42?,43?,45?,46?/m1/s1. The Labute approximate surface area is 433 Å². The van der Waals surface area contributed by atoms with Crippen LogP contribution in [0.1, 0.15) is 120 Å². The summed E-state index contributed by atoms with van der Waals surface area (Å²) in [4.78, 5) is 115. The molecule has 0 saturated heterocycles. The number of halogens is 1. The lowest BCUT2D eigenvalue weighted by Crippen LogP contribution is -2.57. The second-order valence-electron chi connectivity index (χ2n) is 19.6. The number of nitrogens with zero attached hydrogens (tertiary/aromatic N) is 3. The molecule has 1 aliphatic heterocycles. The number of likely N-dealkylation sites (N-methyl/N-ethyl adjacent to an activating group) is 2. The van der Waals surface area contributed by atoms with E-state index in [-0.39, 0.29) is 30.8 Å². The van der Waals surface area contributed by atoms with E-state index >= 15 is 0 Å². The van der Waals surface area contributed by atoms with Crippen LogP contribution >= 0.6 is 11.6 Å². The zero-order valence-electron chi connectivity index (χ0n) is 45.2. The van der Waals surface area contributed by atoms with E-state index in [0.29, 0.717) is 29.1 Å². The number of ether oxygens (including phenoxy) is 3. The lowest BCUT2D eigenvalue weighted by molar-refractivity contribution is -0.155. The third-order valence-corrected chi connectivity index (χ3v) is 13.4. The number of carbonyl (C=O) groups excluding carboxylic acids is 8. The Morgan fingerprint density at radius 2 is 1.54 bits per heavy atom. The van der Waals surface area contributed by atoms with Crippen molar-refractivity contribution in [2.75, 3.05) is 47.8 Å². The molecular formula is C53H84ClN7O11. The summed E-state index contributed by atoms with van der Waals surface area (Å²) in [6.07, 6.45) is 3.64. The van der Waals surface area contributed by atoms with Gasteiger partial charge in [0.15, 0.2) is 6.10 Å². The van der Waals surface area contributed by atoms with Crippen molar-refractivity contribution in [2.45, 2.75) is 163 Å². The lowest BCUT2D eigenvalue weighted by atomic mass is 9.90. The van der Waals surface area contributed by atoms with Crippen molar-refractivity contribution in [3.63, 3.8) is 0 Å². The number of unbranched alkanes of at least 4 members (excludes halogenated alkanes) is 3. The number of rotatable bonds is 15. The van der Waals surface area contributed by atoms with Crippen LogP contribution in [0.3, 0.4) is 0 Å². The fourth-order valence-corrected chi connectivity index (χ4v) is 8.14. The molecule has 9 atom stereocenters. The fraction of sp³-hybridized carbons (Fsp3) is 0.660. The predicted octanol–water partition coefficient (Wildman–Crippen LogP) is 5.75. The summed E-state index contributed by atoms with van der Waals surface area (Å²) >= 11 is 6.15. The molecule has 0 radical (unpaired) electrons. The van der Waals surface area contributed by atoms with Crippen LogP contribution in [0.15, 0.2) is 47.6 Å². The van der Waals surface area contributed by atoms with E-state index in [1.807, 2.05) is 27.8 Å². The largest absolute Gasteiger partial charge is 0.456 e. The molecule has 8 unspecified atom stereocenters. The van der Waals surface area contributed by atoms with Gasteiger partial charge in [-0.3, -0.25) is 24.0 Å². The lowest BCUT2D eigenvalue weighted by Gasteiger charge is -2.33. The van der Waals surface area contributed by atoms with Crippen molar-refractivity contribution in [1.29, 1.82) is 0 Å². The van der Waals surface area contributed by atoms with Crippen LogP contribution < -0.4 is 21.3 Å². The number of nitrogens with one attached hydrogen (secondary N) is 4. The zero-order valence-corrected chi connectivity index (χ0v) is 46.0. The molecule has 404 valence electrons. The molecule has 1 aliphatic rings. The maximum absolute atomic E-state index is 14.3. The average Bonchev–Trinajstić information content (AvgIpc) is 3.34. The highest BCUT2D eigenvalue weighted by molar-refractivity contribution is 6.30. The molecule has 1 aromatic rings. The van der Waals surface area contributed by atoms with E-state index in [0.717, 1.165) is 37.1 Å². The summed E-state index contributed by atoms with van der Waals surface area (Å²) in [5, 5.41) is 11.7. The van der Waals surface area contributed by atoms with E-state index in [9.17, 15) is 38.4 Å². The molecular weight excluding hydrogens is 946 g/mol. The van der Waals surface area contributed by atoms with Gasteiger partial charge >= 0.3 is 18.0 Å². The summed E-state index contributed by atoms with van der Waals surface area (Å²) in [6, 6.07) is 2.00. The first-order valence-corrected chi connectivity index (χ1v) is 25.7. The quantitative estimate of drug-likeness (QED) is 0.0715. The Kier molecular flexibility index (Phi) is 27.1. The molecule has 1 aromatic carbocycles. The number of cyclic esters (lactones) is 2. The Morgan fingerprint density at radius 3 is 2.14 bits per heavy atom. The summed E-state index contributed by atoms with van der Waals surface area (Å²) in [5.74, 6) is -6.19. The molecule has 0 fully saturated rings. The predicted molar refractivity (Wildman–Crippen MR) is 277 cm³/mol. The molecule has 0 aromatic heterocycles. The summed E-state index contributed by atoms with van der Waals surface area (Å²) < 4.78 is 18.1. The minimum absolute atomic E-state index is 0.0113. The highest BCUT2D eigenvalue weighted by atomic mass is 35.5. The number of allylic oxidation sites excluding steroid dienone is 1. The Morgan fingerprint density at radius 1 is 0.917 bits per heavy atom. The molecule has 0 saturated carbocycles. The van der Waals surface area contributed by atoms with Gasteiger partial charge in [-0.2, -0.15) is 0 Å². The van der Waals surface area contributed by atoms with Crippen LogP contribution in [0.25, 0.3) is 0 Å². The van der Waals surface area contributed by atoms with E-state index in [4.69, 9.17) is 25.8 Å². The van der Waals surface area contributed by atoms with Gasteiger partial charge in [0.25, 0.3) is 5.91 Å². The number of hydrogen-bond donors (Lipinski definition) is 4. The molecule has 19 heteroatoms. The normalized spacial score (nSPS) is 24.9. The van der Waals surface area contributed by atoms with Gasteiger partial charge < -0.3 is 50.2 Å². The van der Waals surface area contributed by atoms with Crippen LogP contribution in [-0.2, 0) is 54.2 Å². The second-order valence-corrected chi connectivity index (χ2v) is 20.1.